The Balaban J connectivity index is 2.48. The van der Waals surface area contributed by atoms with E-state index >= 15 is 0 Å². The number of carbonyl (C=O) groups is 2. The Morgan fingerprint density at radius 2 is 1.43 bits per heavy atom. The third-order valence-corrected chi connectivity index (χ3v) is 3.70. The molecule has 0 heterocycles. The van der Waals surface area contributed by atoms with Gasteiger partial charge in [-0.1, -0.05) is 60.7 Å². The fraction of sp³-hybridized carbons (Fsp3) is 0.263. The van der Waals surface area contributed by atoms with Gasteiger partial charge in [0, 0.05) is 5.92 Å². The molecule has 0 bridgehead atoms. The van der Waals surface area contributed by atoms with Gasteiger partial charge in [-0.3, -0.25) is 9.59 Å². The van der Waals surface area contributed by atoms with Crippen molar-refractivity contribution in [3.05, 3.63) is 71.8 Å². The molecule has 1 N–H and O–H groups in total. The second-order valence-corrected chi connectivity index (χ2v) is 5.26. The fourth-order valence-electron chi connectivity index (χ4n) is 2.75. The predicted molar refractivity (Wildman–Crippen MR) is 87.1 cm³/mol. The van der Waals surface area contributed by atoms with E-state index in [4.69, 9.17) is 4.74 Å². The molecular formula is C19H20O4. The first-order valence-electron chi connectivity index (χ1n) is 7.61. The molecule has 23 heavy (non-hydrogen) atoms. The monoisotopic (exact) mass is 312 g/mol. The molecule has 1 unspecified atom stereocenters. The summed E-state index contributed by atoms with van der Waals surface area (Å²) in [5, 5.41) is 9.24. The Labute approximate surface area is 135 Å². The van der Waals surface area contributed by atoms with Crippen molar-refractivity contribution in [2.24, 2.45) is 5.92 Å². The predicted octanol–water partition coefficient (Wildman–Crippen LogP) is 3.47. The summed E-state index contributed by atoms with van der Waals surface area (Å²) in [6.45, 7) is 1.95. The van der Waals surface area contributed by atoms with Crippen LogP contribution in [0.5, 0.6) is 0 Å². The SMILES string of the molecule is CCOC(=O)C(CC(=O)O)C(c1ccccc1)c1ccccc1. The topological polar surface area (TPSA) is 63.6 Å². The van der Waals surface area contributed by atoms with E-state index in [0.717, 1.165) is 11.1 Å². The minimum Gasteiger partial charge on any atom is -0.481 e. The number of carboxylic acid groups (broad SMARTS) is 1. The van der Waals surface area contributed by atoms with E-state index in [9.17, 15) is 14.7 Å². The van der Waals surface area contributed by atoms with Gasteiger partial charge in [0.2, 0.25) is 0 Å². The minimum atomic E-state index is -1.01. The van der Waals surface area contributed by atoms with Gasteiger partial charge in [-0.2, -0.15) is 0 Å². The van der Waals surface area contributed by atoms with Crippen molar-refractivity contribution in [1.29, 1.82) is 0 Å². The molecule has 0 saturated heterocycles. The molecule has 120 valence electrons. The highest BCUT2D eigenvalue weighted by atomic mass is 16.5. The van der Waals surface area contributed by atoms with Crippen LogP contribution in [0.15, 0.2) is 60.7 Å². The molecule has 4 nitrogen and oxygen atoms in total. The van der Waals surface area contributed by atoms with Crippen LogP contribution in [0.25, 0.3) is 0 Å². The van der Waals surface area contributed by atoms with Gasteiger partial charge in [-0.15, -0.1) is 0 Å². The number of ether oxygens (including phenoxy) is 1. The van der Waals surface area contributed by atoms with Gasteiger partial charge in [0.15, 0.2) is 0 Å². The third kappa shape index (κ3) is 4.42. The first-order valence-corrected chi connectivity index (χ1v) is 7.61. The normalized spacial score (nSPS) is 11.9. The zero-order valence-electron chi connectivity index (χ0n) is 13.0. The van der Waals surface area contributed by atoms with E-state index in [0.29, 0.717) is 0 Å². The van der Waals surface area contributed by atoms with Crippen LogP contribution in [0.1, 0.15) is 30.4 Å². The Bertz CT molecular complexity index is 597. The number of carbonyl (C=O) groups excluding carboxylic acids is 1. The summed E-state index contributed by atoms with van der Waals surface area (Å²) in [5.41, 5.74) is 1.80. The molecule has 1 atom stereocenters. The van der Waals surface area contributed by atoms with Gasteiger partial charge >= 0.3 is 11.9 Å². The molecule has 0 aromatic heterocycles. The molecule has 2 rings (SSSR count). The van der Waals surface area contributed by atoms with Crippen LogP contribution in [0.3, 0.4) is 0 Å². The van der Waals surface area contributed by atoms with Crippen molar-refractivity contribution >= 4 is 11.9 Å². The molecule has 0 aliphatic carbocycles. The van der Waals surface area contributed by atoms with Crippen molar-refractivity contribution in [3.63, 3.8) is 0 Å². The van der Waals surface area contributed by atoms with E-state index in [1.54, 1.807) is 6.92 Å². The maximum atomic E-state index is 12.4. The maximum Gasteiger partial charge on any atom is 0.310 e. The minimum absolute atomic E-state index is 0.227. The van der Waals surface area contributed by atoms with Crippen LogP contribution >= 0.6 is 0 Å². The smallest absolute Gasteiger partial charge is 0.310 e. The molecular weight excluding hydrogens is 292 g/mol. The van der Waals surface area contributed by atoms with Gasteiger partial charge in [0.1, 0.15) is 0 Å². The molecule has 0 aliphatic rings. The lowest BCUT2D eigenvalue weighted by molar-refractivity contribution is -0.153. The summed E-state index contributed by atoms with van der Waals surface area (Å²) in [5.74, 6) is -2.61. The fourth-order valence-corrected chi connectivity index (χ4v) is 2.75. The second kappa shape index (κ2) is 8.13. The largest absolute Gasteiger partial charge is 0.481 e. The Kier molecular flexibility index (Phi) is 5.92. The van der Waals surface area contributed by atoms with Crippen LogP contribution in [-0.2, 0) is 14.3 Å². The Morgan fingerprint density at radius 1 is 0.957 bits per heavy atom. The van der Waals surface area contributed by atoms with Crippen molar-refractivity contribution in [2.45, 2.75) is 19.3 Å². The van der Waals surface area contributed by atoms with E-state index in [1.165, 1.54) is 0 Å². The zero-order chi connectivity index (χ0) is 16.7. The molecule has 2 aromatic carbocycles. The van der Waals surface area contributed by atoms with E-state index in [2.05, 4.69) is 0 Å². The molecule has 0 radical (unpaired) electrons. The molecule has 0 fully saturated rings. The van der Waals surface area contributed by atoms with Gasteiger partial charge in [-0.05, 0) is 18.1 Å². The van der Waals surface area contributed by atoms with Crippen LogP contribution in [-0.4, -0.2) is 23.7 Å². The number of rotatable bonds is 7. The third-order valence-electron chi connectivity index (χ3n) is 3.70. The summed E-state index contributed by atoms with van der Waals surface area (Å²) >= 11 is 0. The maximum absolute atomic E-state index is 12.4. The molecule has 0 spiro atoms. The highest BCUT2D eigenvalue weighted by Gasteiger charge is 2.33. The van der Waals surface area contributed by atoms with Crippen molar-refractivity contribution in [2.75, 3.05) is 6.61 Å². The summed E-state index contributed by atoms with van der Waals surface area (Å²) in [7, 11) is 0. The molecule has 4 heteroatoms. The average Bonchev–Trinajstić information content (AvgIpc) is 2.56. The van der Waals surface area contributed by atoms with Crippen LogP contribution in [0.4, 0.5) is 0 Å². The van der Waals surface area contributed by atoms with Crippen LogP contribution in [0, 0.1) is 5.92 Å². The Hall–Kier alpha value is -2.62. The summed E-state index contributed by atoms with van der Waals surface area (Å²) in [6, 6.07) is 18.9. The first-order chi connectivity index (χ1) is 11.1. The van der Waals surface area contributed by atoms with Crippen molar-refractivity contribution in [1.82, 2.24) is 0 Å². The zero-order valence-corrected chi connectivity index (χ0v) is 13.0. The van der Waals surface area contributed by atoms with Crippen molar-refractivity contribution in [3.8, 4) is 0 Å². The summed E-state index contributed by atoms with van der Waals surface area (Å²) < 4.78 is 5.13. The number of benzene rings is 2. The first kappa shape index (κ1) is 16.7. The molecule has 2 aromatic rings. The number of aliphatic carboxylic acids is 1. The quantitative estimate of drug-likeness (QED) is 0.795. The van der Waals surface area contributed by atoms with E-state index < -0.39 is 17.9 Å². The van der Waals surface area contributed by atoms with Gasteiger partial charge in [-0.25, -0.2) is 0 Å². The number of carboxylic acids is 1. The number of hydrogen-bond donors (Lipinski definition) is 1. The molecule has 0 aliphatic heterocycles. The van der Waals surface area contributed by atoms with E-state index in [1.807, 2.05) is 60.7 Å². The standard InChI is InChI=1S/C19H20O4/c1-2-23-19(22)16(13-17(20)21)18(14-9-5-3-6-10-14)15-11-7-4-8-12-15/h3-12,16,18H,2,13H2,1H3,(H,20,21). The average molecular weight is 312 g/mol. The highest BCUT2D eigenvalue weighted by molar-refractivity contribution is 5.80. The van der Waals surface area contributed by atoms with E-state index in [-0.39, 0.29) is 18.9 Å². The van der Waals surface area contributed by atoms with Gasteiger partial charge in [0.25, 0.3) is 0 Å². The lowest BCUT2D eigenvalue weighted by Crippen LogP contribution is -2.28. The molecule has 0 saturated carbocycles. The lowest BCUT2D eigenvalue weighted by atomic mass is 9.79. The Morgan fingerprint density at radius 3 is 1.83 bits per heavy atom. The highest BCUT2D eigenvalue weighted by Crippen LogP contribution is 2.34. The number of hydrogen-bond acceptors (Lipinski definition) is 3. The molecule has 0 amide bonds. The van der Waals surface area contributed by atoms with Crippen molar-refractivity contribution < 1.29 is 19.4 Å². The summed E-state index contributed by atoms with van der Waals surface area (Å²) in [6.07, 6.45) is -0.271. The van der Waals surface area contributed by atoms with Crippen LogP contribution < -0.4 is 0 Å². The lowest BCUT2D eigenvalue weighted by Gasteiger charge is -2.25. The number of esters is 1. The second-order valence-electron chi connectivity index (χ2n) is 5.26. The van der Waals surface area contributed by atoms with Crippen LogP contribution in [0.2, 0.25) is 0 Å². The summed E-state index contributed by atoms with van der Waals surface area (Å²) in [4.78, 5) is 23.7. The van der Waals surface area contributed by atoms with Gasteiger partial charge in [0.05, 0.1) is 18.9 Å². The van der Waals surface area contributed by atoms with Gasteiger partial charge < -0.3 is 9.84 Å².